The van der Waals surface area contributed by atoms with Gasteiger partial charge in [-0.25, -0.2) is 0 Å². The molecule has 1 saturated carbocycles. The third-order valence-electron chi connectivity index (χ3n) is 5.95. The van der Waals surface area contributed by atoms with Crippen molar-refractivity contribution in [2.45, 2.75) is 71.6 Å². The normalized spacial score (nSPS) is 16.4. The zero-order valence-corrected chi connectivity index (χ0v) is 20.3. The zero-order valence-electron chi connectivity index (χ0n) is 20.3. The summed E-state index contributed by atoms with van der Waals surface area (Å²) in [4.78, 5) is 13.1. The summed E-state index contributed by atoms with van der Waals surface area (Å²) in [5.74, 6) is 1.95. The first kappa shape index (κ1) is 24.8. The van der Waals surface area contributed by atoms with Crippen molar-refractivity contribution >= 4 is 17.9 Å². The molecule has 0 atom stereocenters. The van der Waals surface area contributed by atoms with Gasteiger partial charge in [-0.05, 0) is 79.6 Å². The largest absolute Gasteiger partial charge is 0.494 e. The Morgan fingerprint density at radius 1 is 0.667 bits per heavy atom. The Bertz CT molecular complexity index is 845. The Labute approximate surface area is 199 Å². The highest BCUT2D eigenvalue weighted by Gasteiger charge is 2.20. The molecule has 3 rings (SSSR count). The van der Waals surface area contributed by atoms with Crippen LogP contribution in [0, 0.1) is 0 Å². The third-order valence-corrected chi connectivity index (χ3v) is 5.95. The van der Waals surface area contributed by atoms with Crippen LogP contribution in [0.25, 0.3) is 12.2 Å². The SMILES string of the molecule is CCCCCOc1ccc(/C=C2/CCC/C(=C\c3ccc(OCCCCC)cc3)C2=O)cc1. The van der Waals surface area contributed by atoms with Crippen molar-refractivity contribution in [3.63, 3.8) is 0 Å². The van der Waals surface area contributed by atoms with Gasteiger partial charge in [0.1, 0.15) is 11.5 Å². The summed E-state index contributed by atoms with van der Waals surface area (Å²) in [6.07, 6.45) is 13.7. The van der Waals surface area contributed by atoms with E-state index in [1.807, 2.05) is 60.7 Å². The number of ketones is 1. The monoisotopic (exact) mass is 446 g/mol. The molecule has 1 aliphatic carbocycles. The van der Waals surface area contributed by atoms with Gasteiger partial charge in [0.05, 0.1) is 13.2 Å². The van der Waals surface area contributed by atoms with E-state index in [1.54, 1.807) is 0 Å². The molecule has 0 aromatic heterocycles. The van der Waals surface area contributed by atoms with E-state index in [9.17, 15) is 4.79 Å². The zero-order chi connectivity index (χ0) is 23.3. The van der Waals surface area contributed by atoms with Crippen molar-refractivity contribution in [3.8, 4) is 11.5 Å². The lowest BCUT2D eigenvalue weighted by Gasteiger charge is -2.17. The minimum Gasteiger partial charge on any atom is -0.494 e. The number of carbonyl (C=O) groups is 1. The second kappa shape index (κ2) is 13.7. The topological polar surface area (TPSA) is 35.5 Å². The fraction of sp³-hybridized carbons (Fsp3) is 0.433. The number of rotatable bonds is 12. The van der Waals surface area contributed by atoms with Gasteiger partial charge in [-0.15, -0.1) is 0 Å². The maximum absolute atomic E-state index is 13.1. The maximum atomic E-state index is 13.1. The number of ether oxygens (including phenoxy) is 2. The Morgan fingerprint density at radius 2 is 1.09 bits per heavy atom. The van der Waals surface area contributed by atoms with Gasteiger partial charge in [-0.1, -0.05) is 63.8 Å². The second-order valence-electron chi connectivity index (χ2n) is 8.77. The molecule has 0 amide bonds. The average molecular weight is 447 g/mol. The molecule has 0 bridgehead atoms. The van der Waals surface area contributed by atoms with Gasteiger partial charge in [0.2, 0.25) is 0 Å². The van der Waals surface area contributed by atoms with E-state index in [4.69, 9.17) is 9.47 Å². The summed E-state index contributed by atoms with van der Waals surface area (Å²) in [6, 6.07) is 16.1. The minimum absolute atomic E-state index is 0.168. The van der Waals surface area contributed by atoms with E-state index in [0.29, 0.717) is 0 Å². The Morgan fingerprint density at radius 3 is 1.48 bits per heavy atom. The molecule has 0 unspecified atom stereocenters. The maximum Gasteiger partial charge on any atom is 0.185 e. The number of benzene rings is 2. The first-order valence-electron chi connectivity index (χ1n) is 12.6. The van der Waals surface area contributed by atoms with Crippen molar-refractivity contribution in [1.82, 2.24) is 0 Å². The smallest absolute Gasteiger partial charge is 0.185 e. The van der Waals surface area contributed by atoms with Crippen molar-refractivity contribution in [2.24, 2.45) is 0 Å². The van der Waals surface area contributed by atoms with Gasteiger partial charge < -0.3 is 9.47 Å². The van der Waals surface area contributed by atoms with Gasteiger partial charge in [-0.2, -0.15) is 0 Å². The van der Waals surface area contributed by atoms with Crippen LogP contribution in [0.4, 0.5) is 0 Å². The lowest BCUT2D eigenvalue weighted by molar-refractivity contribution is -0.112. The summed E-state index contributed by atoms with van der Waals surface area (Å²) in [7, 11) is 0. The van der Waals surface area contributed by atoms with Crippen LogP contribution < -0.4 is 9.47 Å². The number of Topliss-reactive ketones (excluding diaryl/α,β-unsaturated/α-hetero) is 1. The molecule has 0 N–H and O–H groups in total. The highest BCUT2D eigenvalue weighted by molar-refractivity contribution is 6.13. The third kappa shape index (κ3) is 8.24. The van der Waals surface area contributed by atoms with Crippen molar-refractivity contribution in [3.05, 3.63) is 70.8 Å². The molecule has 176 valence electrons. The molecule has 0 saturated heterocycles. The minimum atomic E-state index is 0.168. The molecular formula is C30H38O3. The molecule has 2 aromatic rings. The van der Waals surface area contributed by atoms with Crippen LogP contribution in [0.15, 0.2) is 59.7 Å². The van der Waals surface area contributed by atoms with E-state index in [1.165, 1.54) is 25.7 Å². The Hall–Kier alpha value is -2.81. The van der Waals surface area contributed by atoms with Gasteiger partial charge in [0.15, 0.2) is 5.78 Å². The molecule has 3 nitrogen and oxygen atoms in total. The Kier molecular flexibility index (Phi) is 10.3. The number of carbonyl (C=O) groups excluding carboxylic acids is 1. The molecule has 0 aliphatic heterocycles. The van der Waals surface area contributed by atoms with Gasteiger partial charge in [0, 0.05) is 11.1 Å². The summed E-state index contributed by atoms with van der Waals surface area (Å²) in [5, 5.41) is 0. The first-order valence-corrected chi connectivity index (χ1v) is 12.6. The summed E-state index contributed by atoms with van der Waals surface area (Å²) in [5.41, 5.74) is 3.87. The summed E-state index contributed by atoms with van der Waals surface area (Å²) in [6.45, 7) is 5.90. The quantitative estimate of drug-likeness (QED) is 0.244. The second-order valence-corrected chi connectivity index (χ2v) is 8.77. The van der Waals surface area contributed by atoms with Crippen LogP contribution in [0.3, 0.4) is 0 Å². The van der Waals surface area contributed by atoms with Gasteiger partial charge in [-0.3, -0.25) is 4.79 Å². The van der Waals surface area contributed by atoms with E-state index < -0.39 is 0 Å². The molecule has 0 radical (unpaired) electrons. The van der Waals surface area contributed by atoms with Crippen LogP contribution in [0.2, 0.25) is 0 Å². The van der Waals surface area contributed by atoms with Crippen LogP contribution in [-0.2, 0) is 4.79 Å². The van der Waals surface area contributed by atoms with Crippen molar-refractivity contribution in [1.29, 1.82) is 0 Å². The van der Waals surface area contributed by atoms with Gasteiger partial charge in [0.25, 0.3) is 0 Å². The predicted octanol–water partition coefficient (Wildman–Crippen LogP) is 8.04. The average Bonchev–Trinajstić information content (AvgIpc) is 2.84. The molecule has 1 fully saturated rings. The van der Waals surface area contributed by atoms with Crippen LogP contribution in [0.1, 0.15) is 82.8 Å². The standard InChI is InChI=1S/C30H38O3/c1-3-5-7-20-32-28-16-12-24(13-17-28)22-26-10-9-11-27(30(26)31)23-25-14-18-29(19-15-25)33-21-8-6-4-2/h12-19,22-23H,3-11,20-21H2,1-2H3/b26-22-,27-23+. The summed E-state index contributed by atoms with van der Waals surface area (Å²) >= 11 is 0. The van der Waals surface area contributed by atoms with E-state index in [0.717, 1.165) is 79.1 Å². The molecule has 0 spiro atoms. The van der Waals surface area contributed by atoms with E-state index in [-0.39, 0.29) is 5.78 Å². The lowest BCUT2D eigenvalue weighted by Crippen LogP contribution is -2.12. The fourth-order valence-corrected chi connectivity index (χ4v) is 3.99. The fourth-order valence-electron chi connectivity index (χ4n) is 3.99. The van der Waals surface area contributed by atoms with E-state index >= 15 is 0 Å². The molecule has 0 heterocycles. The molecule has 1 aliphatic rings. The number of hydrogen-bond donors (Lipinski definition) is 0. The van der Waals surface area contributed by atoms with Crippen LogP contribution in [-0.4, -0.2) is 19.0 Å². The number of allylic oxidation sites excluding steroid dienone is 2. The highest BCUT2D eigenvalue weighted by atomic mass is 16.5. The molecule has 2 aromatic carbocycles. The lowest BCUT2D eigenvalue weighted by atomic mass is 9.87. The first-order chi connectivity index (χ1) is 16.2. The molecule has 3 heteroatoms. The number of unbranched alkanes of at least 4 members (excludes halogenated alkanes) is 4. The highest BCUT2D eigenvalue weighted by Crippen LogP contribution is 2.29. The van der Waals surface area contributed by atoms with Crippen LogP contribution >= 0.6 is 0 Å². The predicted molar refractivity (Wildman–Crippen MR) is 138 cm³/mol. The number of hydrogen-bond acceptors (Lipinski definition) is 3. The molecular weight excluding hydrogens is 408 g/mol. The van der Waals surface area contributed by atoms with Crippen molar-refractivity contribution in [2.75, 3.05) is 13.2 Å². The summed E-state index contributed by atoms with van der Waals surface area (Å²) < 4.78 is 11.6. The van der Waals surface area contributed by atoms with Crippen molar-refractivity contribution < 1.29 is 14.3 Å². The Balaban J connectivity index is 1.59. The van der Waals surface area contributed by atoms with Crippen LogP contribution in [0.5, 0.6) is 11.5 Å². The van der Waals surface area contributed by atoms with Gasteiger partial charge >= 0.3 is 0 Å². The molecule has 33 heavy (non-hydrogen) atoms. The van der Waals surface area contributed by atoms with E-state index in [2.05, 4.69) is 13.8 Å².